The predicted octanol–water partition coefficient (Wildman–Crippen LogP) is 4.88. The molecule has 0 bridgehead atoms. The lowest BCUT2D eigenvalue weighted by Crippen LogP contribution is -2.30. The minimum Gasteiger partial charge on any atom is -0.325 e. The second kappa shape index (κ2) is 9.35. The zero-order chi connectivity index (χ0) is 20.7. The van der Waals surface area contributed by atoms with E-state index in [0.29, 0.717) is 5.56 Å². The second-order valence-electron chi connectivity index (χ2n) is 6.88. The minimum absolute atomic E-state index is 0.112. The largest absolute Gasteiger partial charge is 0.325 e. The summed E-state index contributed by atoms with van der Waals surface area (Å²) in [6, 6.07) is 40.9. The fourth-order valence-electron chi connectivity index (χ4n) is 3.59. The number of carbonyl (C=O) groups is 1. The van der Waals surface area contributed by atoms with Crippen molar-refractivity contribution in [3.8, 4) is 0 Å². The highest BCUT2D eigenvalue weighted by Crippen LogP contribution is 2.56. The quantitative estimate of drug-likeness (QED) is 0.453. The summed E-state index contributed by atoms with van der Waals surface area (Å²) in [7, 11) is -2.10. The van der Waals surface area contributed by atoms with Gasteiger partial charge in [-0.25, -0.2) is 0 Å². The monoisotopic (exact) mass is 408 g/mol. The molecule has 0 aliphatic heterocycles. The molecule has 0 fully saturated rings. The van der Waals surface area contributed by atoms with Crippen molar-refractivity contribution in [3.63, 3.8) is 0 Å². The maximum absolute atomic E-state index is 12.6. The van der Waals surface area contributed by atoms with Gasteiger partial charge in [-0.15, -0.1) is 0 Å². The van der Waals surface area contributed by atoms with Crippen LogP contribution in [0.5, 0.6) is 0 Å². The number of carbonyl (C=O) groups excluding carboxylic acids is 1. The second-order valence-corrected chi connectivity index (χ2v) is 10.2. The van der Waals surface area contributed by atoms with Gasteiger partial charge in [-0.2, -0.15) is 0 Å². The van der Waals surface area contributed by atoms with Gasteiger partial charge in [-0.1, -0.05) is 72.8 Å². The predicted molar refractivity (Wildman–Crippen MR) is 128 cm³/mol. The van der Waals surface area contributed by atoms with Crippen LogP contribution < -0.4 is 21.2 Å². The van der Waals surface area contributed by atoms with Crippen LogP contribution in [-0.2, 0) is 0 Å². The van der Waals surface area contributed by atoms with Gasteiger partial charge in [0.05, 0.1) is 5.82 Å². The molecule has 1 N–H and O–H groups in total. The Hall–Kier alpha value is -3.48. The highest BCUT2D eigenvalue weighted by molar-refractivity contribution is 7.98. The van der Waals surface area contributed by atoms with Crippen molar-refractivity contribution in [2.75, 3.05) is 0 Å². The molecule has 0 aromatic heterocycles. The van der Waals surface area contributed by atoms with E-state index >= 15 is 0 Å². The molecule has 0 heterocycles. The Labute approximate surface area is 178 Å². The van der Waals surface area contributed by atoms with Crippen LogP contribution in [0.25, 0.3) is 0 Å². The van der Waals surface area contributed by atoms with E-state index < -0.39 is 7.26 Å². The first-order valence-corrected chi connectivity index (χ1v) is 11.8. The van der Waals surface area contributed by atoms with E-state index in [1.54, 1.807) is 0 Å². The standard InChI is InChI=1S/C27H22NOP/c29-27(23-13-5-1-6-14-23)28-21-22-30(24-15-7-2-8-16-24,25-17-9-3-10-18-25)26-19-11-4-12-20-26/h1-22H/p+1. The number of rotatable bonds is 6. The van der Waals surface area contributed by atoms with Gasteiger partial charge in [-0.3, -0.25) is 4.79 Å². The van der Waals surface area contributed by atoms with Crippen molar-refractivity contribution >= 4 is 29.1 Å². The van der Waals surface area contributed by atoms with Gasteiger partial charge in [0.25, 0.3) is 5.91 Å². The highest BCUT2D eigenvalue weighted by atomic mass is 31.2. The molecule has 0 saturated heterocycles. The number of nitrogens with one attached hydrogen (secondary N) is 1. The van der Waals surface area contributed by atoms with Crippen LogP contribution in [-0.4, -0.2) is 5.91 Å². The molecule has 4 rings (SSSR count). The molecule has 0 aliphatic rings. The molecule has 0 atom stereocenters. The van der Waals surface area contributed by atoms with Gasteiger partial charge in [0.2, 0.25) is 0 Å². The fraction of sp³-hybridized carbons (Fsp3) is 0. The van der Waals surface area contributed by atoms with E-state index in [4.69, 9.17) is 0 Å². The lowest BCUT2D eigenvalue weighted by atomic mass is 10.2. The smallest absolute Gasteiger partial charge is 0.255 e. The minimum atomic E-state index is -2.10. The van der Waals surface area contributed by atoms with Crippen LogP contribution in [0.2, 0.25) is 0 Å². The number of benzene rings is 4. The zero-order valence-corrected chi connectivity index (χ0v) is 17.5. The van der Waals surface area contributed by atoms with Crippen molar-refractivity contribution in [2.45, 2.75) is 0 Å². The average Bonchev–Trinajstić information content (AvgIpc) is 2.84. The van der Waals surface area contributed by atoms with Gasteiger partial charge in [0, 0.05) is 11.8 Å². The SMILES string of the molecule is O=C(NC=C[P+](c1ccccc1)(c1ccccc1)c1ccccc1)c1ccccc1. The van der Waals surface area contributed by atoms with Gasteiger partial charge in [0.15, 0.2) is 0 Å². The average molecular weight is 408 g/mol. The Morgan fingerprint density at radius 3 is 1.33 bits per heavy atom. The molecule has 4 aromatic carbocycles. The third kappa shape index (κ3) is 4.10. The molecule has 30 heavy (non-hydrogen) atoms. The van der Waals surface area contributed by atoms with Crippen LogP contribution >= 0.6 is 7.26 Å². The van der Waals surface area contributed by atoms with Crippen molar-refractivity contribution < 1.29 is 4.79 Å². The Morgan fingerprint density at radius 1 is 0.567 bits per heavy atom. The first-order chi connectivity index (χ1) is 14.8. The molecule has 0 radical (unpaired) electrons. The van der Waals surface area contributed by atoms with Crippen LogP contribution in [0.15, 0.2) is 133 Å². The van der Waals surface area contributed by atoms with Gasteiger partial charge < -0.3 is 5.32 Å². The van der Waals surface area contributed by atoms with E-state index in [1.165, 1.54) is 15.9 Å². The topological polar surface area (TPSA) is 29.1 Å². The lowest BCUT2D eigenvalue weighted by Gasteiger charge is -2.24. The molecule has 0 spiro atoms. The van der Waals surface area contributed by atoms with Crippen LogP contribution in [0, 0.1) is 0 Å². The van der Waals surface area contributed by atoms with Crippen molar-refractivity contribution in [2.24, 2.45) is 0 Å². The van der Waals surface area contributed by atoms with E-state index in [0.717, 1.165) is 0 Å². The van der Waals surface area contributed by atoms with E-state index in [9.17, 15) is 4.79 Å². The highest BCUT2D eigenvalue weighted by Gasteiger charge is 2.43. The van der Waals surface area contributed by atoms with Crippen LogP contribution in [0.1, 0.15) is 10.4 Å². The Kier molecular flexibility index (Phi) is 6.17. The summed E-state index contributed by atoms with van der Waals surface area (Å²) in [6.45, 7) is 0. The molecular weight excluding hydrogens is 385 g/mol. The summed E-state index contributed by atoms with van der Waals surface area (Å²) in [6.07, 6.45) is 1.82. The molecule has 4 aromatic rings. The number of hydrogen-bond acceptors (Lipinski definition) is 1. The van der Waals surface area contributed by atoms with Crippen molar-refractivity contribution in [1.82, 2.24) is 5.32 Å². The van der Waals surface area contributed by atoms with Crippen molar-refractivity contribution in [3.05, 3.63) is 139 Å². The third-order valence-corrected chi connectivity index (χ3v) is 8.97. The summed E-state index contributed by atoms with van der Waals surface area (Å²) >= 11 is 0. The molecule has 0 saturated carbocycles. The maximum atomic E-state index is 12.6. The first kappa shape index (κ1) is 19.8. The Balaban J connectivity index is 1.82. The fourth-order valence-corrected chi connectivity index (χ4v) is 7.23. The maximum Gasteiger partial charge on any atom is 0.255 e. The lowest BCUT2D eigenvalue weighted by molar-refractivity contribution is 0.0970. The molecule has 0 unspecified atom stereocenters. The van der Waals surface area contributed by atoms with Gasteiger partial charge >= 0.3 is 0 Å². The molecule has 3 heteroatoms. The normalized spacial score (nSPS) is 11.3. The van der Waals surface area contributed by atoms with Crippen LogP contribution in [0.4, 0.5) is 0 Å². The van der Waals surface area contributed by atoms with E-state index in [1.807, 2.05) is 54.7 Å². The zero-order valence-electron chi connectivity index (χ0n) is 16.6. The Morgan fingerprint density at radius 2 is 0.933 bits per heavy atom. The Bertz CT molecular complexity index is 1010. The first-order valence-electron chi connectivity index (χ1n) is 9.90. The molecule has 2 nitrogen and oxygen atoms in total. The molecular formula is C27H23NOP+. The summed E-state index contributed by atoms with van der Waals surface area (Å²) in [5.74, 6) is 2.08. The number of amides is 1. The summed E-state index contributed by atoms with van der Waals surface area (Å²) < 4.78 is 0. The third-order valence-electron chi connectivity index (χ3n) is 5.04. The van der Waals surface area contributed by atoms with Gasteiger partial charge in [-0.05, 0) is 48.5 Å². The number of hydrogen-bond donors (Lipinski definition) is 1. The molecule has 0 aliphatic carbocycles. The van der Waals surface area contributed by atoms with E-state index in [2.05, 4.69) is 83.9 Å². The molecule has 1 amide bonds. The van der Waals surface area contributed by atoms with Crippen LogP contribution in [0.3, 0.4) is 0 Å². The summed E-state index contributed by atoms with van der Waals surface area (Å²) in [5.41, 5.74) is 0.644. The van der Waals surface area contributed by atoms with Gasteiger partial charge in [0.1, 0.15) is 23.2 Å². The molecule has 146 valence electrons. The summed E-state index contributed by atoms with van der Waals surface area (Å²) in [5, 5.41) is 6.70. The van der Waals surface area contributed by atoms with Crippen molar-refractivity contribution in [1.29, 1.82) is 0 Å². The van der Waals surface area contributed by atoms with E-state index in [-0.39, 0.29) is 5.91 Å². The summed E-state index contributed by atoms with van der Waals surface area (Å²) in [4.78, 5) is 12.6.